The first kappa shape index (κ1) is 27.9. The van der Waals surface area contributed by atoms with Crippen LogP contribution in [0.5, 0.6) is 11.5 Å². The van der Waals surface area contributed by atoms with Crippen molar-refractivity contribution in [3.63, 3.8) is 0 Å². The number of benzene rings is 3. The molecule has 1 aromatic heterocycles. The molecule has 0 saturated heterocycles. The minimum absolute atomic E-state index is 0.203. The fraction of sp³-hybridized carbons (Fsp3) is 0.219. The smallest absolute Gasteiger partial charge is 0.338 e. The Labute approximate surface area is 251 Å². The van der Waals surface area contributed by atoms with Crippen molar-refractivity contribution in [2.24, 2.45) is 4.99 Å². The highest BCUT2D eigenvalue weighted by Crippen LogP contribution is 2.47. The van der Waals surface area contributed by atoms with Crippen LogP contribution in [0.15, 0.2) is 91.5 Å². The van der Waals surface area contributed by atoms with Gasteiger partial charge >= 0.3 is 5.97 Å². The molecule has 3 heterocycles. The van der Waals surface area contributed by atoms with E-state index in [1.807, 2.05) is 30.3 Å². The number of aromatic nitrogens is 1. The van der Waals surface area contributed by atoms with Crippen LogP contribution in [0.1, 0.15) is 31.0 Å². The topological polar surface area (TPSA) is 82.4 Å². The highest BCUT2D eigenvalue weighted by atomic mass is 32.2. The van der Waals surface area contributed by atoms with Gasteiger partial charge < -0.3 is 19.1 Å². The number of anilines is 2. The SMILES string of the molecule is CCOC(=O)C1=C(C)N=c2s/c(=C/c3ccc4c(c3)Sc3ccccc3N4C)c(=O)n2[C@H]1c1ccc(OC)c(OC)c1. The van der Waals surface area contributed by atoms with Crippen LogP contribution in [0.3, 0.4) is 0 Å². The molecule has 0 radical (unpaired) electrons. The molecule has 10 heteroatoms. The molecule has 42 heavy (non-hydrogen) atoms. The zero-order valence-corrected chi connectivity index (χ0v) is 25.5. The number of carbonyl (C=O) groups excluding carboxylic acids is 1. The van der Waals surface area contributed by atoms with Gasteiger partial charge in [0.1, 0.15) is 0 Å². The number of fused-ring (bicyclic) bond motifs is 3. The summed E-state index contributed by atoms with van der Waals surface area (Å²) in [5, 5.41) is 0. The first-order chi connectivity index (χ1) is 20.3. The van der Waals surface area contributed by atoms with Crippen molar-refractivity contribution in [1.29, 1.82) is 0 Å². The minimum atomic E-state index is -0.744. The van der Waals surface area contributed by atoms with E-state index >= 15 is 0 Å². The van der Waals surface area contributed by atoms with Gasteiger partial charge in [0.05, 0.1) is 54.0 Å². The Morgan fingerprint density at radius 2 is 1.76 bits per heavy atom. The average molecular weight is 600 g/mol. The van der Waals surface area contributed by atoms with Gasteiger partial charge in [-0.05, 0) is 67.4 Å². The summed E-state index contributed by atoms with van der Waals surface area (Å²) < 4.78 is 18.5. The van der Waals surface area contributed by atoms with E-state index in [0.717, 1.165) is 16.1 Å². The van der Waals surface area contributed by atoms with E-state index in [-0.39, 0.29) is 12.2 Å². The molecule has 2 aliphatic heterocycles. The normalized spacial score (nSPS) is 15.9. The lowest BCUT2D eigenvalue weighted by Crippen LogP contribution is -2.40. The van der Waals surface area contributed by atoms with E-state index in [2.05, 4.69) is 41.2 Å². The van der Waals surface area contributed by atoms with Crippen LogP contribution >= 0.6 is 23.1 Å². The molecule has 0 saturated carbocycles. The van der Waals surface area contributed by atoms with E-state index in [4.69, 9.17) is 14.2 Å². The van der Waals surface area contributed by atoms with Gasteiger partial charge in [-0.1, -0.05) is 47.4 Å². The number of esters is 1. The van der Waals surface area contributed by atoms with E-state index < -0.39 is 12.0 Å². The highest BCUT2D eigenvalue weighted by Gasteiger charge is 2.34. The van der Waals surface area contributed by atoms with Gasteiger partial charge in [0.25, 0.3) is 5.56 Å². The Morgan fingerprint density at radius 3 is 2.52 bits per heavy atom. The third kappa shape index (κ3) is 4.70. The molecule has 8 nitrogen and oxygen atoms in total. The molecular weight excluding hydrogens is 571 g/mol. The minimum Gasteiger partial charge on any atom is -0.493 e. The van der Waals surface area contributed by atoms with Gasteiger partial charge in [-0.25, -0.2) is 9.79 Å². The molecule has 214 valence electrons. The molecule has 0 N–H and O–H groups in total. The van der Waals surface area contributed by atoms with Crippen molar-refractivity contribution in [1.82, 2.24) is 4.57 Å². The first-order valence-electron chi connectivity index (χ1n) is 13.4. The Hall–Kier alpha value is -4.28. The number of thiazole rings is 1. The number of nitrogens with zero attached hydrogens (tertiary/aromatic N) is 3. The van der Waals surface area contributed by atoms with E-state index in [1.165, 1.54) is 21.9 Å². The van der Waals surface area contributed by atoms with Gasteiger partial charge in [0.15, 0.2) is 16.3 Å². The molecule has 6 rings (SSSR count). The van der Waals surface area contributed by atoms with Crippen molar-refractivity contribution >= 4 is 46.5 Å². The van der Waals surface area contributed by atoms with Crippen LogP contribution in [-0.2, 0) is 9.53 Å². The molecular formula is C32H29N3O5S2. The molecule has 0 amide bonds. The summed E-state index contributed by atoms with van der Waals surface area (Å²) >= 11 is 3.01. The molecule has 0 unspecified atom stereocenters. The summed E-state index contributed by atoms with van der Waals surface area (Å²) in [5.41, 5.74) is 4.45. The second-order valence-corrected chi connectivity index (χ2v) is 11.9. The number of methoxy groups -OCH3 is 2. The summed E-state index contributed by atoms with van der Waals surface area (Å²) in [5.74, 6) is 0.530. The molecule has 0 aliphatic carbocycles. The summed E-state index contributed by atoms with van der Waals surface area (Å²) in [4.78, 5) is 36.9. The monoisotopic (exact) mass is 599 g/mol. The molecule has 0 spiro atoms. The van der Waals surface area contributed by atoms with Crippen molar-refractivity contribution < 1.29 is 19.0 Å². The molecule has 0 bridgehead atoms. The van der Waals surface area contributed by atoms with Crippen molar-refractivity contribution in [2.75, 3.05) is 32.8 Å². The van der Waals surface area contributed by atoms with Crippen LogP contribution < -0.4 is 29.3 Å². The Morgan fingerprint density at radius 1 is 1.00 bits per heavy atom. The van der Waals surface area contributed by atoms with E-state index in [9.17, 15) is 9.59 Å². The van der Waals surface area contributed by atoms with Crippen LogP contribution in [0.25, 0.3) is 6.08 Å². The van der Waals surface area contributed by atoms with E-state index in [0.29, 0.717) is 37.7 Å². The number of carbonyl (C=O) groups is 1. The van der Waals surface area contributed by atoms with Crippen molar-refractivity contribution in [2.45, 2.75) is 29.7 Å². The third-order valence-corrected chi connectivity index (χ3v) is 9.42. The average Bonchev–Trinajstić information content (AvgIpc) is 3.29. The first-order valence-corrected chi connectivity index (χ1v) is 15.0. The zero-order chi connectivity index (χ0) is 29.5. The fourth-order valence-electron chi connectivity index (χ4n) is 5.33. The molecule has 4 aromatic rings. The number of rotatable bonds is 6. The van der Waals surface area contributed by atoms with Crippen LogP contribution in [-0.4, -0.2) is 38.4 Å². The van der Waals surface area contributed by atoms with Gasteiger partial charge in [0, 0.05) is 16.8 Å². The number of para-hydroxylation sites is 1. The van der Waals surface area contributed by atoms with Gasteiger partial charge in [-0.15, -0.1) is 0 Å². The Balaban J connectivity index is 1.48. The van der Waals surface area contributed by atoms with Crippen molar-refractivity contribution in [3.05, 3.63) is 103 Å². The Bertz CT molecular complexity index is 1940. The van der Waals surface area contributed by atoms with Crippen molar-refractivity contribution in [3.8, 4) is 11.5 Å². The predicted molar refractivity (Wildman–Crippen MR) is 165 cm³/mol. The van der Waals surface area contributed by atoms with Crippen LogP contribution in [0.2, 0.25) is 0 Å². The maximum atomic E-state index is 14.1. The third-order valence-electron chi connectivity index (χ3n) is 7.33. The summed E-state index contributed by atoms with van der Waals surface area (Å²) in [6, 6.07) is 19.1. The summed E-state index contributed by atoms with van der Waals surface area (Å²) in [6.07, 6.45) is 1.89. The summed E-state index contributed by atoms with van der Waals surface area (Å²) in [6.45, 7) is 3.72. The highest BCUT2D eigenvalue weighted by molar-refractivity contribution is 7.99. The van der Waals surface area contributed by atoms with Gasteiger partial charge in [-0.2, -0.15) is 0 Å². The van der Waals surface area contributed by atoms with Gasteiger partial charge in [0.2, 0.25) is 0 Å². The second kappa shape index (κ2) is 11.2. The predicted octanol–water partition coefficient (Wildman–Crippen LogP) is 5.05. The number of hydrogen-bond acceptors (Lipinski definition) is 9. The van der Waals surface area contributed by atoms with E-state index in [1.54, 1.807) is 56.5 Å². The number of ether oxygens (including phenoxy) is 3. The molecule has 1 atom stereocenters. The summed E-state index contributed by atoms with van der Waals surface area (Å²) in [7, 11) is 5.17. The maximum Gasteiger partial charge on any atom is 0.338 e. The molecule has 0 fully saturated rings. The van der Waals surface area contributed by atoms with Crippen LogP contribution in [0, 0.1) is 0 Å². The molecule has 2 aliphatic rings. The molecule has 3 aromatic carbocycles. The van der Waals surface area contributed by atoms with Gasteiger partial charge in [-0.3, -0.25) is 9.36 Å². The fourth-order valence-corrected chi connectivity index (χ4v) is 7.57. The quantitative estimate of drug-likeness (QED) is 0.287. The maximum absolute atomic E-state index is 14.1. The van der Waals surface area contributed by atoms with Crippen LogP contribution in [0.4, 0.5) is 11.4 Å². The second-order valence-electron chi connectivity index (χ2n) is 9.77. The lowest BCUT2D eigenvalue weighted by Gasteiger charge is -2.29. The lowest BCUT2D eigenvalue weighted by molar-refractivity contribution is -0.139. The number of hydrogen-bond donors (Lipinski definition) is 0. The zero-order valence-electron chi connectivity index (χ0n) is 23.8. The number of allylic oxidation sites excluding steroid dienone is 1. The lowest BCUT2D eigenvalue weighted by atomic mass is 9.95. The largest absolute Gasteiger partial charge is 0.493 e. The standard InChI is InChI=1S/C32H29N3O5S2/c1-6-40-31(37)28-18(2)33-32-35(29(28)20-12-14-23(38-4)24(17-20)39-5)30(36)27(42-32)16-19-11-13-22-26(15-19)41-25-10-8-7-9-21(25)34(22)3/h7-17,29H,6H2,1-5H3/b27-16+/t29-/m0/s1. The Kier molecular flexibility index (Phi) is 7.42.